The van der Waals surface area contributed by atoms with Gasteiger partial charge in [0.25, 0.3) is 0 Å². The van der Waals surface area contributed by atoms with Crippen LogP contribution in [0.2, 0.25) is 0 Å². The SMILES string of the molecule is CCN[C@H]1CCCN(C(C)=O)C1. The van der Waals surface area contributed by atoms with Crippen molar-refractivity contribution in [1.29, 1.82) is 0 Å². The molecule has 1 aliphatic rings. The van der Waals surface area contributed by atoms with Crippen LogP contribution in [0.4, 0.5) is 0 Å². The zero-order chi connectivity index (χ0) is 8.97. The van der Waals surface area contributed by atoms with Crippen molar-refractivity contribution < 1.29 is 4.79 Å². The van der Waals surface area contributed by atoms with Crippen LogP contribution in [0.1, 0.15) is 26.7 Å². The van der Waals surface area contributed by atoms with Gasteiger partial charge in [0, 0.05) is 26.1 Å². The highest BCUT2D eigenvalue weighted by atomic mass is 16.2. The third-order valence-corrected chi connectivity index (χ3v) is 2.36. The van der Waals surface area contributed by atoms with Crippen LogP contribution >= 0.6 is 0 Å². The summed E-state index contributed by atoms with van der Waals surface area (Å²) < 4.78 is 0. The molecule has 0 aliphatic carbocycles. The maximum Gasteiger partial charge on any atom is 0.219 e. The smallest absolute Gasteiger partial charge is 0.219 e. The predicted molar refractivity (Wildman–Crippen MR) is 49.0 cm³/mol. The normalized spacial score (nSPS) is 24.2. The number of nitrogens with one attached hydrogen (secondary N) is 1. The molecule has 1 fully saturated rings. The van der Waals surface area contributed by atoms with Gasteiger partial charge in [-0.1, -0.05) is 6.92 Å². The summed E-state index contributed by atoms with van der Waals surface area (Å²) in [6.45, 7) is 6.58. The van der Waals surface area contributed by atoms with Crippen molar-refractivity contribution >= 4 is 5.91 Å². The van der Waals surface area contributed by atoms with Crippen LogP contribution in [0.15, 0.2) is 0 Å². The topological polar surface area (TPSA) is 32.3 Å². The summed E-state index contributed by atoms with van der Waals surface area (Å²) in [5.74, 6) is 0.206. The Morgan fingerprint density at radius 2 is 2.42 bits per heavy atom. The summed E-state index contributed by atoms with van der Waals surface area (Å²) in [6, 6.07) is 0.521. The van der Waals surface area contributed by atoms with Gasteiger partial charge in [-0.2, -0.15) is 0 Å². The molecule has 0 aromatic heterocycles. The summed E-state index contributed by atoms with van der Waals surface area (Å²) in [5.41, 5.74) is 0. The van der Waals surface area contributed by atoms with Crippen molar-refractivity contribution in [2.45, 2.75) is 32.7 Å². The van der Waals surface area contributed by atoms with Crippen molar-refractivity contribution in [3.05, 3.63) is 0 Å². The van der Waals surface area contributed by atoms with Gasteiger partial charge >= 0.3 is 0 Å². The van der Waals surface area contributed by atoms with E-state index in [0.29, 0.717) is 6.04 Å². The molecule has 1 aliphatic heterocycles. The summed E-state index contributed by atoms with van der Waals surface area (Å²) in [5, 5.41) is 3.38. The maximum absolute atomic E-state index is 11.0. The average Bonchev–Trinajstić information content (AvgIpc) is 2.05. The van der Waals surface area contributed by atoms with Gasteiger partial charge in [-0.25, -0.2) is 0 Å². The second-order valence-electron chi connectivity index (χ2n) is 3.36. The number of piperidine rings is 1. The number of carbonyl (C=O) groups excluding carboxylic acids is 1. The summed E-state index contributed by atoms with van der Waals surface area (Å²) >= 11 is 0. The summed E-state index contributed by atoms with van der Waals surface area (Å²) in [6.07, 6.45) is 2.34. The van der Waals surface area contributed by atoms with Gasteiger partial charge in [-0.15, -0.1) is 0 Å². The molecule has 1 amide bonds. The molecule has 0 aromatic carbocycles. The first-order chi connectivity index (χ1) is 5.74. The summed E-state index contributed by atoms with van der Waals surface area (Å²) in [4.78, 5) is 13.0. The largest absolute Gasteiger partial charge is 0.341 e. The Morgan fingerprint density at radius 1 is 1.67 bits per heavy atom. The molecule has 0 bridgehead atoms. The highest BCUT2D eigenvalue weighted by Gasteiger charge is 2.19. The fourth-order valence-corrected chi connectivity index (χ4v) is 1.72. The molecule has 0 spiro atoms. The van der Waals surface area contributed by atoms with Gasteiger partial charge in [-0.05, 0) is 19.4 Å². The third-order valence-electron chi connectivity index (χ3n) is 2.36. The molecular weight excluding hydrogens is 152 g/mol. The van der Waals surface area contributed by atoms with Crippen LogP contribution in [-0.4, -0.2) is 36.5 Å². The molecule has 12 heavy (non-hydrogen) atoms. The molecule has 1 heterocycles. The third kappa shape index (κ3) is 2.48. The first-order valence-electron chi connectivity index (χ1n) is 4.73. The van der Waals surface area contributed by atoms with Gasteiger partial charge in [0.05, 0.1) is 0 Å². The van der Waals surface area contributed by atoms with Gasteiger partial charge < -0.3 is 10.2 Å². The fraction of sp³-hybridized carbons (Fsp3) is 0.889. The first-order valence-corrected chi connectivity index (χ1v) is 4.73. The zero-order valence-corrected chi connectivity index (χ0v) is 7.97. The second-order valence-corrected chi connectivity index (χ2v) is 3.36. The highest BCUT2D eigenvalue weighted by molar-refractivity contribution is 5.73. The maximum atomic E-state index is 11.0. The first kappa shape index (κ1) is 9.52. The van der Waals surface area contributed by atoms with Gasteiger partial charge in [0.1, 0.15) is 0 Å². The Kier molecular flexibility index (Phi) is 3.53. The van der Waals surface area contributed by atoms with Crippen LogP contribution in [0.3, 0.4) is 0 Å². The van der Waals surface area contributed by atoms with E-state index in [1.807, 2.05) is 4.90 Å². The van der Waals surface area contributed by atoms with Gasteiger partial charge in [0.2, 0.25) is 5.91 Å². The van der Waals surface area contributed by atoms with Gasteiger partial charge in [-0.3, -0.25) is 4.79 Å². The van der Waals surface area contributed by atoms with E-state index in [9.17, 15) is 4.79 Å². The Labute approximate surface area is 74.1 Å². The number of carbonyl (C=O) groups is 1. The number of hydrogen-bond acceptors (Lipinski definition) is 2. The number of likely N-dealkylation sites (tertiary alicyclic amines) is 1. The minimum atomic E-state index is 0.206. The van der Waals surface area contributed by atoms with Crippen LogP contribution in [0.5, 0.6) is 0 Å². The van der Waals surface area contributed by atoms with E-state index < -0.39 is 0 Å². The monoisotopic (exact) mass is 170 g/mol. The lowest BCUT2D eigenvalue weighted by atomic mass is 10.1. The van der Waals surface area contributed by atoms with E-state index in [-0.39, 0.29) is 5.91 Å². The second kappa shape index (κ2) is 4.45. The summed E-state index contributed by atoms with van der Waals surface area (Å²) in [7, 11) is 0. The van der Waals surface area contributed by atoms with E-state index in [4.69, 9.17) is 0 Å². The molecule has 0 radical (unpaired) electrons. The molecular formula is C9H18N2O. The Bertz CT molecular complexity index is 157. The van der Waals surface area contributed by atoms with Crippen molar-refractivity contribution in [2.75, 3.05) is 19.6 Å². The van der Waals surface area contributed by atoms with E-state index in [2.05, 4.69) is 12.2 Å². The number of likely N-dealkylation sites (N-methyl/N-ethyl adjacent to an activating group) is 1. The van der Waals surface area contributed by atoms with Crippen molar-refractivity contribution in [1.82, 2.24) is 10.2 Å². The number of nitrogens with zero attached hydrogens (tertiary/aromatic N) is 1. The van der Waals surface area contributed by atoms with Crippen molar-refractivity contribution in [3.8, 4) is 0 Å². The Hall–Kier alpha value is -0.570. The lowest BCUT2D eigenvalue weighted by molar-refractivity contribution is -0.130. The molecule has 0 aromatic rings. The van der Waals surface area contributed by atoms with Crippen LogP contribution < -0.4 is 5.32 Å². The lowest BCUT2D eigenvalue weighted by Gasteiger charge is -2.32. The lowest BCUT2D eigenvalue weighted by Crippen LogP contribution is -2.47. The standard InChI is InChI=1S/C9H18N2O/c1-3-10-9-5-4-6-11(7-9)8(2)12/h9-10H,3-7H2,1-2H3/t9-/m0/s1. The van der Waals surface area contributed by atoms with E-state index in [1.54, 1.807) is 6.92 Å². The van der Waals surface area contributed by atoms with E-state index >= 15 is 0 Å². The minimum Gasteiger partial charge on any atom is -0.341 e. The number of amides is 1. The quantitative estimate of drug-likeness (QED) is 0.658. The molecule has 0 unspecified atom stereocenters. The van der Waals surface area contributed by atoms with Crippen LogP contribution in [0, 0.1) is 0 Å². The fourth-order valence-electron chi connectivity index (χ4n) is 1.72. The molecule has 1 saturated heterocycles. The van der Waals surface area contributed by atoms with Gasteiger partial charge in [0.15, 0.2) is 0 Å². The Balaban J connectivity index is 2.35. The number of rotatable bonds is 2. The molecule has 1 rings (SSSR count). The molecule has 1 atom stereocenters. The zero-order valence-electron chi connectivity index (χ0n) is 7.97. The average molecular weight is 170 g/mol. The van der Waals surface area contributed by atoms with Crippen molar-refractivity contribution in [3.63, 3.8) is 0 Å². The minimum absolute atomic E-state index is 0.206. The van der Waals surface area contributed by atoms with Crippen LogP contribution in [0.25, 0.3) is 0 Å². The van der Waals surface area contributed by atoms with Crippen LogP contribution in [-0.2, 0) is 4.79 Å². The highest BCUT2D eigenvalue weighted by Crippen LogP contribution is 2.09. The molecule has 3 nitrogen and oxygen atoms in total. The molecule has 70 valence electrons. The van der Waals surface area contributed by atoms with E-state index in [1.165, 1.54) is 6.42 Å². The number of hydrogen-bond donors (Lipinski definition) is 1. The van der Waals surface area contributed by atoms with Crippen molar-refractivity contribution in [2.24, 2.45) is 0 Å². The molecule has 0 saturated carbocycles. The Morgan fingerprint density at radius 3 is 3.00 bits per heavy atom. The molecule has 1 N–H and O–H groups in total. The van der Waals surface area contributed by atoms with E-state index in [0.717, 1.165) is 26.1 Å². The molecule has 3 heteroatoms. The predicted octanol–water partition coefficient (Wildman–Crippen LogP) is 0.607.